The lowest BCUT2D eigenvalue weighted by molar-refractivity contribution is -0.145. The van der Waals surface area contributed by atoms with Gasteiger partial charge in [-0.05, 0) is 65.3 Å². The van der Waals surface area contributed by atoms with Gasteiger partial charge >= 0.3 is 5.97 Å². The highest BCUT2D eigenvalue weighted by molar-refractivity contribution is 5.95. The van der Waals surface area contributed by atoms with Gasteiger partial charge in [-0.15, -0.1) is 0 Å². The molecule has 162 valence electrons. The Morgan fingerprint density at radius 1 is 0.968 bits per heavy atom. The van der Waals surface area contributed by atoms with Gasteiger partial charge in [0.25, 0.3) is 5.91 Å². The molecule has 3 aromatic rings. The van der Waals surface area contributed by atoms with Crippen LogP contribution in [0.4, 0.5) is 0 Å². The van der Waals surface area contributed by atoms with Crippen molar-refractivity contribution in [2.75, 3.05) is 0 Å². The third-order valence-corrected chi connectivity index (χ3v) is 5.20. The number of carbonyl (C=O) groups is 2. The third-order valence-electron chi connectivity index (χ3n) is 5.20. The van der Waals surface area contributed by atoms with E-state index in [0.717, 1.165) is 17.0 Å². The number of aryl methyl sites for hydroxylation is 2. The molecule has 6 heteroatoms. The Bertz CT molecular complexity index is 1100. The quantitative estimate of drug-likeness (QED) is 0.564. The molecule has 0 spiro atoms. The van der Waals surface area contributed by atoms with Crippen molar-refractivity contribution < 1.29 is 14.3 Å². The summed E-state index contributed by atoms with van der Waals surface area (Å²) in [5.74, 6) is -0.798. The van der Waals surface area contributed by atoms with Gasteiger partial charge in [-0.3, -0.25) is 4.79 Å². The van der Waals surface area contributed by atoms with E-state index in [1.54, 1.807) is 30.0 Å². The molecular formula is C25H29N3O3. The van der Waals surface area contributed by atoms with E-state index in [1.165, 1.54) is 0 Å². The van der Waals surface area contributed by atoms with Gasteiger partial charge in [-0.2, -0.15) is 0 Å². The van der Waals surface area contributed by atoms with Gasteiger partial charge in [-0.25, -0.2) is 14.8 Å². The Balaban J connectivity index is 1.77. The second kappa shape index (κ2) is 8.84. The molecule has 0 saturated carbocycles. The standard InChI is InChI=1S/C25H29N3O3/c1-16-17(2)27-22-14-20(12-13-21(22)26-16)24(30)31-18(3)23(29)28(25(4,5)6)15-19-10-8-7-9-11-19/h7-14,18H,15H2,1-6H3/t18-/m0/s1. The van der Waals surface area contributed by atoms with Gasteiger partial charge in [0, 0.05) is 12.1 Å². The molecule has 0 unspecified atom stereocenters. The van der Waals surface area contributed by atoms with Crippen molar-refractivity contribution in [3.05, 3.63) is 71.0 Å². The van der Waals surface area contributed by atoms with Crippen LogP contribution in [0.5, 0.6) is 0 Å². The predicted octanol–water partition coefficient (Wildman–Crippen LogP) is 4.62. The molecule has 1 heterocycles. The van der Waals surface area contributed by atoms with Gasteiger partial charge in [0.15, 0.2) is 6.10 Å². The lowest BCUT2D eigenvalue weighted by atomic mass is 10.0. The molecule has 31 heavy (non-hydrogen) atoms. The predicted molar refractivity (Wildman–Crippen MR) is 121 cm³/mol. The highest BCUT2D eigenvalue weighted by Crippen LogP contribution is 2.21. The van der Waals surface area contributed by atoms with Gasteiger partial charge in [0.1, 0.15) is 0 Å². The van der Waals surface area contributed by atoms with Gasteiger partial charge in [-0.1, -0.05) is 30.3 Å². The maximum atomic E-state index is 13.2. The van der Waals surface area contributed by atoms with Crippen LogP contribution in [0.2, 0.25) is 0 Å². The highest BCUT2D eigenvalue weighted by Gasteiger charge is 2.32. The van der Waals surface area contributed by atoms with E-state index in [2.05, 4.69) is 9.97 Å². The van der Waals surface area contributed by atoms with Crippen LogP contribution < -0.4 is 0 Å². The molecule has 1 atom stereocenters. The van der Waals surface area contributed by atoms with E-state index in [4.69, 9.17) is 4.74 Å². The average Bonchev–Trinajstić information content (AvgIpc) is 2.72. The normalized spacial score (nSPS) is 12.5. The summed E-state index contributed by atoms with van der Waals surface area (Å²) in [5, 5.41) is 0. The number of amides is 1. The summed E-state index contributed by atoms with van der Waals surface area (Å²) in [4.78, 5) is 36.6. The fraction of sp³-hybridized carbons (Fsp3) is 0.360. The molecule has 1 aromatic heterocycles. The smallest absolute Gasteiger partial charge is 0.338 e. The largest absolute Gasteiger partial charge is 0.449 e. The van der Waals surface area contributed by atoms with E-state index < -0.39 is 17.6 Å². The van der Waals surface area contributed by atoms with Gasteiger partial charge in [0.2, 0.25) is 0 Å². The summed E-state index contributed by atoms with van der Waals surface area (Å²) < 4.78 is 5.54. The molecule has 0 bridgehead atoms. The summed E-state index contributed by atoms with van der Waals surface area (Å²) in [6.45, 7) is 11.7. The van der Waals surface area contributed by atoms with Gasteiger partial charge in [0.05, 0.1) is 28.0 Å². The Morgan fingerprint density at radius 3 is 2.19 bits per heavy atom. The van der Waals surface area contributed by atoms with Crippen LogP contribution >= 0.6 is 0 Å². The summed E-state index contributed by atoms with van der Waals surface area (Å²) in [6, 6.07) is 14.8. The van der Waals surface area contributed by atoms with Crippen molar-refractivity contribution in [2.24, 2.45) is 0 Å². The van der Waals surface area contributed by atoms with Crippen LogP contribution in [0.25, 0.3) is 11.0 Å². The van der Waals surface area contributed by atoms with Crippen molar-refractivity contribution in [1.82, 2.24) is 14.9 Å². The maximum Gasteiger partial charge on any atom is 0.338 e. The monoisotopic (exact) mass is 419 g/mol. The molecule has 0 aliphatic rings. The lowest BCUT2D eigenvalue weighted by Gasteiger charge is -2.37. The number of fused-ring (bicyclic) bond motifs is 1. The fourth-order valence-electron chi connectivity index (χ4n) is 3.27. The minimum Gasteiger partial charge on any atom is -0.449 e. The Kier molecular flexibility index (Phi) is 6.39. The number of hydrogen-bond acceptors (Lipinski definition) is 5. The van der Waals surface area contributed by atoms with E-state index in [1.807, 2.05) is 65.0 Å². The van der Waals surface area contributed by atoms with Gasteiger partial charge < -0.3 is 9.64 Å². The first-order valence-electron chi connectivity index (χ1n) is 10.4. The zero-order valence-corrected chi connectivity index (χ0v) is 19.0. The van der Waals surface area contributed by atoms with Crippen molar-refractivity contribution >= 4 is 22.9 Å². The number of carbonyl (C=O) groups excluding carboxylic acids is 2. The van der Waals surface area contributed by atoms with Crippen molar-refractivity contribution in [3.63, 3.8) is 0 Å². The first-order chi connectivity index (χ1) is 14.6. The Hall–Kier alpha value is -3.28. The second-order valence-corrected chi connectivity index (χ2v) is 8.73. The van der Waals surface area contributed by atoms with E-state index in [9.17, 15) is 9.59 Å². The third kappa shape index (κ3) is 5.26. The molecule has 0 N–H and O–H groups in total. The van der Waals surface area contributed by atoms with Crippen molar-refractivity contribution in [1.29, 1.82) is 0 Å². The molecule has 0 aliphatic carbocycles. The van der Waals surface area contributed by atoms with E-state index in [-0.39, 0.29) is 5.91 Å². The number of ether oxygens (including phenoxy) is 1. The van der Waals surface area contributed by atoms with Crippen LogP contribution in [0.1, 0.15) is 55.0 Å². The SMILES string of the molecule is Cc1nc2ccc(C(=O)O[C@@H](C)C(=O)N(Cc3ccccc3)C(C)(C)C)cc2nc1C. The molecule has 3 rings (SSSR count). The summed E-state index contributed by atoms with van der Waals surface area (Å²) in [7, 11) is 0. The summed E-state index contributed by atoms with van der Waals surface area (Å²) in [5.41, 5.74) is 3.92. The van der Waals surface area contributed by atoms with Crippen molar-refractivity contribution in [3.8, 4) is 0 Å². The van der Waals surface area contributed by atoms with Crippen LogP contribution in [-0.4, -0.2) is 38.4 Å². The zero-order chi connectivity index (χ0) is 22.8. The lowest BCUT2D eigenvalue weighted by Crippen LogP contribution is -2.49. The number of benzene rings is 2. The molecule has 6 nitrogen and oxygen atoms in total. The Labute approximate surface area is 183 Å². The van der Waals surface area contributed by atoms with E-state index in [0.29, 0.717) is 23.1 Å². The van der Waals surface area contributed by atoms with E-state index >= 15 is 0 Å². The molecule has 0 radical (unpaired) electrons. The molecular weight excluding hydrogens is 390 g/mol. The molecule has 0 aliphatic heterocycles. The fourth-order valence-corrected chi connectivity index (χ4v) is 3.27. The second-order valence-electron chi connectivity index (χ2n) is 8.73. The Morgan fingerprint density at radius 2 is 1.58 bits per heavy atom. The first-order valence-corrected chi connectivity index (χ1v) is 10.4. The van der Waals surface area contributed by atoms with Crippen molar-refractivity contribution in [2.45, 2.75) is 59.7 Å². The first kappa shape index (κ1) is 22.4. The molecule has 1 amide bonds. The minimum atomic E-state index is -0.919. The molecule has 0 fully saturated rings. The van der Waals surface area contributed by atoms with Crippen LogP contribution in [0.15, 0.2) is 48.5 Å². The number of hydrogen-bond donors (Lipinski definition) is 0. The average molecular weight is 420 g/mol. The maximum absolute atomic E-state index is 13.2. The number of rotatable bonds is 5. The zero-order valence-electron chi connectivity index (χ0n) is 19.0. The summed E-state index contributed by atoms with van der Waals surface area (Å²) >= 11 is 0. The number of nitrogens with zero attached hydrogens (tertiary/aromatic N) is 3. The highest BCUT2D eigenvalue weighted by atomic mass is 16.5. The minimum absolute atomic E-state index is 0.239. The topological polar surface area (TPSA) is 72.4 Å². The van der Waals surface area contributed by atoms with Crippen LogP contribution in [-0.2, 0) is 16.1 Å². The summed E-state index contributed by atoms with van der Waals surface area (Å²) in [6.07, 6.45) is -0.919. The number of esters is 1. The van der Waals surface area contributed by atoms with Crippen LogP contribution in [0.3, 0.4) is 0 Å². The molecule has 2 aromatic carbocycles. The molecule has 0 saturated heterocycles. The number of aromatic nitrogens is 2. The van der Waals surface area contributed by atoms with Crippen LogP contribution in [0, 0.1) is 13.8 Å².